The van der Waals surface area contributed by atoms with Crippen LogP contribution in [0.5, 0.6) is 5.75 Å². The van der Waals surface area contributed by atoms with Gasteiger partial charge >= 0.3 is 0 Å². The Morgan fingerprint density at radius 3 is 2.88 bits per heavy atom. The molecule has 130 valence electrons. The molecule has 0 aliphatic carbocycles. The van der Waals surface area contributed by atoms with Crippen molar-refractivity contribution in [3.8, 4) is 5.75 Å². The highest BCUT2D eigenvalue weighted by Crippen LogP contribution is 2.24. The monoisotopic (exact) mass is 331 g/mol. The van der Waals surface area contributed by atoms with Gasteiger partial charge in [-0.1, -0.05) is 26.7 Å². The molecule has 0 fully saturated rings. The average Bonchev–Trinajstić information content (AvgIpc) is 3.12. The summed E-state index contributed by atoms with van der Waals surface area (Å²) < 4.78 is 5.77. The van der Waals surface area contributed by atoms with Gasteiger partial charge in [-0.2, -0.15) is 4.99 Å². The summed E-state index contributed by atoms with van der Waals surface area (Å²) >= 11 is 0. The molecule has 7 heteroatoms. The summed E-state index contributed by atoms with van der Waals surface area (Å²) in [6.45, 7) is 4.55. The number of rotatable bonds is 11. The normalized spacial score (nSPS) is 13.9. The lowest BCUT2D eigenvalue weighted by Gasteiger charge is -2.20. The van der Waals surface area contributed by atoms with Crippen LogP contribution in [0.3, 0.4) is 0 Å². The fourth-order valence-electron chi connectivity index (χ4n) is 2.32. The van der Waals surface area contributed by atoms with Crippen molar-refractivity contribution in [2.45, 2.75) is 52.0 Å². The number of aryl methyl sites for hydroxylation is 1. The molecule has 2 heterocycles. The maximum absolute atomic E-state index is 9.29. The molecule has 0 radical (unpaired) electrons. The van der Waals surface area contributed by atoms with Crippen LogP contribution in [-0.2, 0) is 6.42 Å². The molecule has 0 amide bonds. The van der Waals surface area contributed by atoms with E-state index < -0.39 is 0 Å². The van der Waals surface area contributed by atoms with Crippen molar-refractivity contribution in [3.63, 3.8) is 0 Å². The molecule has 0 saturated heterocycles. The van der Waals surface area contributed by atoms with Gasteiger partial charge in [0.1, 0.15) is 12.4 Å². The second-order valence-electron chi connectivity index (χ2n) is 5.55. The van der Waals surface area contributed by atoms with Gasteiger partial charge in [-0.3, -0.25) is 0 Å². The van der Waals surface area contributed by atoms with Gasteiger partial charge in [-0.25, -0.2) is 15.0 Å². The number of hydrogen-bond donors (Lipinski definition) is 2. The minimum Gasteiger partial charge on any atom is -0.480 e. The number of hydrogen-bond acceptors (Lipinski definition) is 7. The number of unbranched alkanes of at least 4 members (excludes halogenated alkanes) is 1. The molecule has 0 aromatic carbocycles. The number of anilines is 1. The number of aliphatic imine (C=N–C) groups is 2. The number of aliphatic hydroxyl groups is 1. The second kappa shape index (κ2) is 9.80. The van der Waals surface area contributed by atoms with Gasteiger partial charge in [0, 0.05) is 24.9 Å². The Kier molecular flexibility index (Phi) is 7.39. The smallest absolute Gasteiger partial charge is 0.180 e. The number of nitrogens with zero attached hydrogens (tertiary/aromatic N) is 4. The molecule has 0 spiro atoms. The Hall–Kier alpha value is -2.24. The maximum atomic E-state index is 9.29. The molecule has 1 atom stereocenters. The Balaban J connectivity index is 2.09. The van der Waals surface area contributed by atoms with E-state index in [-0.39, 0.29) is 19.3 Å². The average molecular weight is 331 g/mol. The van der Waals surface area contributed by atoms with Crippen LogP contribution >= 0.6 is 0 Å². The van der Waals surface area contributed by atoms with Gasteiger partial charge in [0.15, 0.2) is 17.4 Å². The highest BCUT2D eigenvalue weighted by molar-refractivity contribution is 5.93. The lowest BCUT2D eigenvalue weighted by molar-refractivity contribution is 0.275. The van der Waals surface area contributed by atoms with Crippen LogP contribution in [-0.4, -0.2) is 46.0 Å². The molecular weight excluding hydrogens is 306 g/mol. The standard InChI is InChI=1S/C17H25N5O2/c1-3-5-6-13(7-10-23)21-17-14(11-20-15(4-2)22-17)24-12-16-18-8-9-19-16/h8,11,13,23H,3-7,10,12H2,1-2H3,(H,20,21,22)/t13-/m0/s1. The number of aliphatic hydroxyl groups excluding tert-OH is 1. The molecule has 2 N–H and O–H groups in total. The first-order valence-corrected chi connectivity index (χ1v) is 8.47. The first-order chi connectivity index (χ1) is 11.8. The van der Waals surface area contributed by atoms with E-state index in [1.165, 1.54) is 6.20 Å². The van der Waals surface area contributed by atoms with Crippen molar-refractivity contribution >= 4 is 17.5 Å². The van der Waals surface area contributed by atoms with Crippen LogP contribution in [0.1, 0.15) is 45.4 Å². The molecule has 1 aliphatic rings. The fourth-order valence-corrected chi connectivity index (χ4v) is 2.32. The highest BCUT2D eigenvalue weighted by atomic mass is 16.5. The molecule has 0 bridgehead atoms. The molecule has 0 saturated carbocycles. The third-order valence-electron chi connectivity index (χ3n) is 3.67. The number of amidine groups is 1. The van der Waals surface area contributed by atoms with Crippen molar-refractivity contribution in [1.82, 2.24) is 9.97 Å². The van der Waals surface area contributed by atoms with Crippen molar-refractivity contribution in [1.29, 1.82) is 0 Å². The summed E-state index contributed by atoms with van der Waals surface area (Å²) in [5, 5.41) is 12.7. The van der Waals surface area contributed by atoms with Gasteiger partial charge in [-0.05, 0) is 12.8 Å². The van der Waals surface area contributed by atoms with Crippen LogP contribution in [0.15, 0.2) is 22.4 Å². The van der Waals surface area contributed by atoms with Crippen molar-refractivity contribution in [2.75, 3.05) is 18.5 Å². The zero-order valence-electron chi connectivity index (χ0n) is 14.3. The van der Waals surface area contributed by atoms with Crippen molar-refractivity contribution in [3.05, 3.63) is 18.2 Å². The molecule has 24 heavy (non-hydrogen) atoms. The molecular formula is C17H25N5O2. The minimum absolute atomic E-state index is 0.139. The number of nitrogens with one attached hydrogen (secondary N) is 1. The molecule has 1 aromatic rings. The van der Waals surface area contributed by atoms with Crippen LogP contribution in [0, 0.1) is 0 Å². The summed E-state index contributed by atoms with van der Waals surface area (Å²) in [5.74, 6) is 5.20. The first-order valence-electron chi connectivity index (χ1n) is 8.47. The largest absolute Gasteiger partial charge is 0.480 e. The summed E-state index contributed by atoms with van der Waals surface area (Å²) in [6.07, 6.45) is 7.79. The lowest BCUT2D eigenvalue weighted by Crippen LogP contribution is -2.23. The Labute approximate surface area is 142 Å². The van der Waals surface area contributed by atoms with Crippen LogP contribution in [0.2, 0.25) is 0 Å². The van der Waals surface area contributed by atoms with E-state index in [1.807, 2.05) is 6.92 Å². The highest BCUT2D eigenvalue weighted by Gasteiger charge is 2.14. The molecule has 2 rings (SSSR count). The number of aromatic nitrogens is 2. The van der Waals surface area contributed by atoms with E-state index >= 15 is 0 Å². The Bertz CT molecular complexity index is 623. The predicted octanol–water partition coefficient (Wildman–Crippen LogP) is 2.37. The van der Waals surface area contributed by atoms with Gasteiger partial charge in [-0.15, -0.1) is 0 Å². The van der Waals surface area contributed by atoms with E-state index in [4.69, 9.17) is 4.74 Å². The zero-order valence-corrected chi connectivity index (χ0v) is 14.3. The van der Waals surface area contributed by atoms with Gasteiger partial charge < -0.3 is 15.2 Å². The van der Waals surface area contributed by atoms with E-state index in [1.54, 1.807) is 6.20 Å². The molecule has 1 aliphatic heterocycles. The van der Waals surface area contributed by atoms with Crippen LogP contribution in [0.25, 0.3) is 0 Å². The van der Waals surface area contributed by atoms with Crippen LogP contribution < -0.4 is 10.1 Å². The second-order valence-corrected chi connectivity index (χ2v) is 5.55. The lowest BCUT2D eigenvalue weighted by atomic mass is 10.1. The van der Waals surface area contributed by atoms with Crippen molar-refractivity contribution in [2.24, 2.45) is 9.98 Å². The maximum Gasteiger partial charge on any atom is 0.180 e. The third kappa shape index (κ3) is 5.44. The topological polar surface area (TPSA) is 92.0 Å². The number of ether oxygens (including phenoxy) is 1. The van der Waals surface area contributed by atoms with Crippen LogP contribution in [0.4, 0.5) is 5.82 Å². The van der Waals surface area contributed by atoms with E-state index in [2.05, 4.69) is 38.1 Å². The molecule has 7 nitrogen and oxygen atoms in total. The van der Waals surface area contributed by atoms with Crippen molar-refractivity contribution < 1.29 is 9.84 Å². The quantitative estimate of drug-likeness (QED) is 0.649. The minimum atomic E-state index is 0.139. The van der Waals surface area contributed by atoms with Gasteiger partial charge in [0.25, 0.3) is 0 Å². The molecule has 1 aromatic heterocycles. The SMILES string of the molecule is CCCC[C@@H](CCO)Nc1nc(CC)ncc1OCC1=NC=C=N1. The zero-order chi connectivity index (χ0) is 17.2. The third-order valence-corrected chi connectivity index (χ3v) is 3.67. The van der Waals surface area contributed by atoms with E-state index in [9.17, 15) is 5.11 Å². The summed E-state index contributed by atoms with van der Waals surface area (Å²) in [7, 11) is 0. The summed E-state index contributed by atoms with van der Waals surface area (Å²) in [6, 6.07) is 0.153. The van der Waals surface area contributed by atoms with Gasteiger partial charge in [0.2, 0.25) is 0 Å². The fraction of sp³-hybridized carbons (Fsp3) is 0.588. The summed E-state index contributed by atoms with van der Waals surface area (Å²) in [5.41, 5.74) is 0. The molecule has 0 unspecified atom stereocenters. The summed E-state index contributed by atoms with van der Waals surface area (Å²) in [4.78, 5) is 16.9. The Morgan fingerprint density at radius 1 is 1.33 bits per heavy atom. The van der Waals surface area contributed by atoms with E-state index in [0.29, 0.717) is 23.8 Å². The predicted molar refractivity (Wildman–Crippen MR) is 95.0 cm³/mol. The van der Waals surface area contributed by atoms with Gasteiger partial charge in [0.05, 0.1) is 12.4 Å². The van der Waals surface area contributed by atoms with E-state index in [0.717, 1.165) is 31.5 Å². The Morgan fingerprint density at radius 2 is 2.21 bits per heavy atom. The first kappa shape index (κ1) is 18.1.